The maximum Gasteiger partial charge on any atom is 0.227 e. The Morgan fingerprint density at radius 1 is 1.39 bits per heavy atom. The highest BCUT2D eigenvalue weighted by molar-refractivity contribution is 5.93. The van der Waals surface area contributed by atoms with Gasteiger partial charge < -0.3 is 15.0 Å². The van der Waals surface area contributed by atoms with Crippen LogP contribution in [0.25, 0.3) is 0 Å². The van der Waals surface area contributed by atoms with Gasteiger partial charge in [0.15, 0.2) is 5.82 Å². The predicted molar refractivity (Wildman–Crippen MR) is 88.4 cm³/mol. The zero-order valence-electron chi connectivity index (χ0n) is 13.3. The number of rotatable bonds is 4. The fourth-order valence-electron chi connectivity index (χ4n) is 2.78. The summed E-state index contributed by atoms with van der Waals surface area (Å²) in [5, 5.41) is 2.88. The molecule has 120 valence electrons. The van der Waals surface area contributed by atoms with Crippen molar-refractivity contribution in [3.8, 4) is 0 Å². The molecule has 0 unspecified atom stereocenters. The molecule has 0 aliphatic carbocycles. The molecular formula is C17H20N4O2. The molecule has 1 atom stereocenters. The zero-order chi connectivity index (χ0) is 16.2. The van der Waals surface area contributed by atoms with Crippen LogP contribution in [0.2, 0.25) is 0 Å². The fraction of sp³-hybridized carbons (Fsp3) is 0.353. The van der Waals surface area contributed by atoms with Gasteiger partial charge in [0.05, 0.1) is 25.3 Å². The molecule has 1 aromatic heterocycles. The van der Waals surface area contributed by atoms with E-state index in [0.717, 1.165) is 12.0 Å². The normalized spacial score (nSPS) is 16.5. The largest absolute Gasteiger partial charge is 0.373 e. The molecule has 1 aliphatic rings. The molecule has 6 heteroatoms. The van der Waals surface area contributed by atoms with Crippen molar-refractivity contribution in [3.05, 3.63) is 47.9 Å². The molecule has 0 radical (unpaired) electrons. The Morgan fingerprint density at radius 3 is 3.04 bits per heavy atom. The van der Waals surface area contributed by atoms with Crippen LogP contribution in [0.1, 0.15) is 23.7 Å². The number of benzene rings is 1. The van der Waals surface area contributed by atoms with Gasteiger partial charge in [-0.25, -0.2) is 9.97 Å². The third-order valence-electron chi connectivity index (χ3n) is 3.85. The second-order valence-corrected chi connectivity index (χ2v) is 5.71. The summed E-state index contributed by atoms with van der Waals surface area (Å²) in [7, 11) is 3.75. The molecule has 2 aromatic rings. The maximum atomic E-state index is 12.4. The third-order valence-corrected chi connectivity index (χ3v) is 3.85. The Balaban J connectivity index is 1.72. The SMILES string of the molecule is CN(C)c1ncncc1NC(=O)C[C@@H]1OCCc2ccccc21. The molecule has 6 nitrogen and oxygen atoms in total. The van der Waals surface area contributed by atoms with E-state index in [1.54, 1.807) is 6.20 Å². The summed E-state index contributed by atoms with van der Waals surface area (Å²) in [5.41, 5.74) is 2.96. The van der Waals surface area contributed by atoms with Crippen LogP contribution in [0.4, 0.5) is 11.5 Å². The van der Waals surface area contributed by atoms with E-state index in [1.165, 1.54) is 11.9 Å². The van der Waals surface area contributed by atoms with E-state index < -0.39 is 0 Å². The molecule has 1 N–H and O–H groups in total. The molecule has 2 heterocycles. The second kappa shape index (κ2) is 6.75. The molecule has 0 saturated heterocycles. The standard InChI is InChI=1S/C17H20N4O2/c1-21(2)17-14(10-18-11-19-17)20-16(22)9-15-13-6-4-3-5-12(13)7-8-23-15/h3-6,10-11,15H,7-9H2,1-2H3,(H,20,22)/t15-/m0/s1. The summed E-state index contributed by atoms with van der Waals surface area (Å²) < 4.78 is 5.79. The van der Waals surface area contributed by atoms with Crippen LogP contribution < -0.4 is 10.2 Å². The van der Waals surface area contributed by atoms with Gasteiger partial charge in [0.1, 0.15) is 12.0 Å². The van der Waals surface area contributed by atoms with E-state index in [-0.39, 0.29) is 18.4 Å². The van der Waals surface area contributed by atoms with Crippen LogP contribution in [-0.4, -0.2) is 36.6 Å². The van der Waals surface area contributed by atoms with Crippen LogP contribution in [-0.2, 0) is 16.0 Å². The number of carbonyl (C=O) groups excluding carboxylic acids is 1. The summed E-state index contributed by atoms with van der Waals surface area (Å²) in [4.78, 5) is 22.4. The molecule has 23 heavy (non-hydrogen) atoms. The van der Waals surface area contributed by atoms with Crippen molar-refractivity contribution >= 4 is 17.4 Å². The van der Waals surface area contributed by atoms with Crippen molar-refractivity contribution in [1.82, 2.24) is 9.97 Å². The van der Waals surface area contributed by atoms with Gasteiger partial charge in [-0.05, 0) is 17.5 Å². The van der Waals surface area contributed by atoms with Crippen LogP contribution in [0, 0.1) is 0 Å². The number of aromatic nitrogens is 2. The Bertz CT molecular complexity index is 702. The zero-order valence-corrected chi connectivity index (χ0v) is 13.3. The molecule has 0 spiro atoms. The van der Waals surface area contributed by atoms with Crippen LogP contribution >= 0.6 is 0 Å². The van der Waals surface area contributed by atoms with E-state index >= 15 is 0 Å². The van der Waals surface area contributed by atoms with E-state index in [9.17, 15) is 4.79 Å². The van der Waals surface area contributed by atoms with Crippen molar-refractivity contribution in [1.29, 1.82) is 0 Å². The van der Waals surface area contributed by atoms with E-state index in [2.05, 4.69) is 21.4 Å². The number of carbonyl (C=O) groups is 1. The lowest BCUT2D eigenvalue weighted by Gasteiger charge is -2.25. The number of nitrogens with one attached hydrogen (secondary N) is 1. The topological polar surface area (TPSA) is 67.4 Å². The molecule has 0 bridgehead atoms. The minimum Gasteiger partial charge on any atom is -0.373 e. The van der Waals surface area contributed by atoms with E-state index in [0.29, 0.717) is 18.1 Å². The first-order valence-electron chi connectivity index (χ1n) is 7.61. The number of nitrogens with zero attached hydrogens (tertiary/aromatic N) is 3. The third kappa shape index (κ3) is 3.48. The smallest absolute Gasteiger partial charge is 0.227 e. The Morgan fingerprint density at radius 2 is 2.22 bits per heavy atom. The summed E-state index contributed by atoms with van der Waals surface area (Å²) >= 11 is 0. The highest BCUT2D eigenvalue weighted by Gasteiger charge is 2.23. The first kappa shape index (κ1) is 15.4. The molecule has 1 amide bonds. The van der Waals surface area contributed by atoms with Gasteiger partial charge in [-0.1, -0.05) is 24.3 Å². The van der Waals surface area contributed by atoms with Crippen LogP contribution in [0.3, 0.4) is 0 Å². The molecule has 0 fully saturated rings. The van der Waals surface area contributed by atoms with Crippen LogP contribution in [0.15, 0.2) is 36.8 Å². The van der Waals surface area contributed by atoms with Crippen molar-refractivity contribution in [2.24, 2.45) is 0 Å². The summed E-state index contributed by atoms with van der Waals surface area (Å²) in [6.07, 6.45) is 4.04. The number of fused-ring (bicyclic) bond motifs is 1. The Hall–Kier alpha value is -2.47. The number of amides is 1. The van der Waals surface area contributed by atoms with Gasteiger partial charge in [-0.15, -0.1) is 0 Å². The van der Waals surface area contributed by atoms with Crippen molar-refractivity contribution in [3.63, 3.8) is 0 Å². The van der Waals surface area contributed by atoms with Gasteiger partial charge in [-0.2, -0.15) is 0 Å². The van der Waals surface area contributed by atoms with Gasteiger partial charge in [0, 0.05) is 14.1 Å². The predicted octanol–water partition coefficient (Wildman–Crippen LogP) is 2.19. The quantitative estimate of drug-likeness (QED) is 0.937. The highest BCUT2D eigenvalue weighted by Crippen LogP contribution is 2.30. The fourth-order valence-corrected chi connectivity index (χ4v) is 2.78. The molecular weight excluding hydrogens is 292 g/mol. The number of anilines is 2. The summed E-state index contributed by atoms with van der Waals surface area (Å²) in [6.45, 7) is 0.645. The summed E-state index contributed by atoms with van der Waals surface area (Å²) in [6, 6.07) is 8.13. The molecule has 1 aliphatic heterocycles. The van der Waals surface area contributed by atoms with Gasteiger partial charge in [0.25, 0.3) is 0 Å². The lowest BCUT2D eigenvalue weighted by atomic mass is 9.95. The molecule has 3 rings (SSSR count). The molecule has 1 aromatic carbocycles. The first-order chi connectivity index (χ1) is 11.1. The average molecular weight is 312 g/mol. The number of hydrogen-bond acceptors (Lipinski definition) is 5. The minimum absolute atomic E-state index is 0.107. The first-order valence-corrected chi connectivity index (χ1v) is 7.61. The van der Waals surface area contributed by atoms with E-state index in [1.807, 2.05) is 37.2 Å². The van der Waals surface area contributed by atoms with Crippen molar-refractivity contribution < 1.29 is 9.53 Å². The monoisotopic (exact) mass is 312 g/mol. The van der Waals surface area contributed by atoms with Gasteiger partial charge in [-0.3, -0.25) is 4.79 Å². The lowest BCUT2D eigenvalue weighted by molar-refractivity contribution is -0.119. The Labute approximate surface area is 135 Å². The average Bonchev–Trinajstić information content (AvgIpc) is 2.55. The number of ether oxygens (including phenoxy) is 1. The Kier molecular flexibility index (Phi) is 4.52. The van der Waals surface area contributed by atoms with Crippen LogP contribution in [0.5, 0.6) is 0 Å². The summed E-state index contributed by atoms with van der Waals surface area (Å²) in [5.74, 6) is 0.572. The van der Waals surface area contributed by atoms with E-state index in [4.69, 9.17) is 4.74 Å². The van der Waals surface area contributed by atoms with Gasteiger partial charge >= 0.3 is 0 Å². The lowest BCUT2D eigenvalue weighted by Crippen LogP contribution is -2.23. The van der Waals surface area contributed by atoms with Gasteiger partial charge in [0.2, 0.25) is 5.91 Å². The highest BCUT2D eigenvalue weighted by atomic mass is 16.5. The van der Waals surface area contributed by atoms with Crippen molar-refractivity contribution in [2.75, 3.05) is 30.9 Å². The maximum absolute atomic E-state index is 12.4. The number of hydrogen-bond donors (Lipinski definition) is 1. The second-order valence-electron chi connectivity index (χ2n) is 5.71. The minimum atomic E-state index is -0.201. The van der Waals surface area contributed by atoms with Crippen molar-refractivity contribution in [2.45, 2.75) is 18.9 Å². The molecule has 0 saturated carbocycles.